The molecular formula is C13H30Zr. The van der Waals surface area contributed by atoms with Gasteiger partial charge in [-0.15, -0.1) is 0 Å². The molecule has 86 valence electrons. The van der Waals surface area contributed by atoms with E-state index in [1.165, 1.54) is 0 Å². The molecule has 0 aromatic rings. The Morgan fingerprint density at radius 3 is 1.00 bits per heavy atom. The third kappa shape index (κ3) is 7.21. The molecule has 0 radical (unpaired) electrons. The molecule has 0 nitrogen and oxygen atoms in total. The fourth-order valence-electron chi connectivity index (χ4n) is 3.21. The summed E-state index contributed by atoms with van der Waals surface area (Å²) in [6.45, 7) is 14.4. The van der Waals surface area contributed by atoms with Crippen LogP contribution in [-0.2, 0) is 20.3 Å². The summed E-state index contributed by atoms with van der Waals surface area (Å²) >= 11 is -1.71. The summed E-state index contributed by atoms with van der Waals surface area (Å²) in [6.07, 6.45) is 0. The van der Waals surface area contributed by atoms with E-state index in [4.69, 9.17) is 0 Å². The molecule has 1 heteroatoms. The fourth-order valence-corrected chi connectivity index (χ4v) is 19.0. The average molecular weight is 278 g/mol. The molecular weight excluding hydrogens is 247 g/mol. The van der Waals surface area contributed by atoms with Crippen LogP contribution in [0.4, 0.5) is 0 Å². The van der Waals surface area contributed by atoms with E-state index in [2.05, 4.69) is 46.2 Å². The SMILES string of the molecule is CC(C)[CH2][Zr]([CH3])([CH2]C(C)C)[CH2]C(C)C. The second-order valence-corrected chi connectivity index (χ2v) is 18.5. The van der Waals surface area contributed by atoms with Gasteiger partial charge >= 0.3 is 96.6 Å². The predicted octanol–water partition coefficient (Wildman–Crippen LogP) is 5.41. The van der Waals surface area contributed by atoms with Gasteiger partial charge in [0.2, 0.25) is 0 Å². The Morgan fingerprint density at radius 1 is 0.643 bits per heavy atom. The van der Waals surface area contributed by atoms with Crippen LogP contribution in [0, 0.1) is 17.8 Å². The summed E-state index contributed by atoms with van der Waals surface area (Å²) in [5.41, 5.74) is 0. The van der Waals surface area contributed by atoms with Crippen LogP contribution in [0.15, 0.2) is 0 Å². The van der Waals surface area contributed by atoms with Crippen LogP contribution in [0.1, 0.15) is 41.5 Å². The summed E-state index contributed by atoms with van der Waals surface area (Å²) in [5.74, 6) is 2.77. The van der Waals surface area contributed by atoms with Crippen LogP contribution in [-0.4, -0.2) is 0 Å². The average Bonchev–Trinajstić information content (AvgIpc) is 1.76. The van der Waals surface area contributed by atoms with Crippen LogP contribution < -0.4 is 0 Å². The van der Waals surface area contributed by atoms with Crippen molar-refractivity contribution in [2.75, 3.05) is 0 Å². The fraction of sp³-hybridized carbons (Fsp3) is 1.00. The molecule has 0 bridgehead atoms. The Hall–Kier alpha value is 0.883. The molecule has 0 rings (SSSR count). The second-order valence-electron chi connectivity index (χ2n) is 6.60. The molecule has 0 aliphatic heterocycles. The van der Waals surface area contributed by atoms with Crippen LogP contribution in [0.2, 0.25) is 17.0 Å². The molecule has 0 aromatic carbocycles. The molecule has 0 aliphatic carbocycles. The first-order chi connectivity index (χ1) is 6.25. The van der Waals surface area contributed by atoms with Gasteiger partial charge in [0.15, 0.2) is 0 Å². The number of hydrogen-bond acceptors (Lipinski definition) is 0. The zero-order valence-corrected chi connectivity index (χ0v) is 13.8. The third-order valence-electron chi connectivity index (χ3n) is 2.70. The monoisotopic (exact) mass is 276 g/mol. The summed E-state index contributed by atoms with van der Waals surface area (Å²) < 4.78 is 7.45. The van der Waals surface area contributed by atoms with Gasteiger partial charge in [0.05, 0.1) is 0 Å². The van der Waals surface area contributed by atoms with Crippen molar-refractivity contribution >= 4 is 0 Å². The quantitative estimate of drug-likeness (QED) is 0.609. The molecule has 14 heavy (non-hydrogen) atoms. The van der Waals surface area contributed by atoms with Gasteiger partial charge in [-0.05, 0) is 0 Å². The van der Waals surface area contributed by atoms with E-state index in [0.717, 1.165) is 17.8 Å². The van der Waals surface area contributed by atoms with Crippen molar-refractivity contribution in [3.05, 3.63) is 0 Å². The molecule has 0 heterocycles. The molecule has 0 amide bonds. The van der Waals surface area contributed by atoms with Crippen LogP contribution in [0.25, 0.3) is 0 Å². The summed E-state index contributed by atoms with van der Waals surface area (Å²) in [6, 6.07) is 0. The van der Waals surface area contributed by atoms with E-state index in [1.807, 2.05) is 0 Å². The molecule has 0 fully saturated rings. The molecule has 0 unspecified atom stereocenters. The van der Waals surface area contributed by atoms with E-state index in [-0.39, 0.29) is 0 Å². The third-order valence-corrected chi connectivity index (χ3v) is 16.0. The van der Waals surface area contributed by atoms with Crippen LogP contribution in [0.3, 0.4) is 0 Å². The van der Waals surface area contributed by atoms with Gasteiger partial charge in [0.25, 0.3) is 0 Å². The van der Waals surface area contributed by atoms with Gasteiger partial charge in [-0.2, -0.15) is 0 Å². The molecule has 0 spiro atoms. The van der Waals surface area contributed by atoms with Crippen molar-refractivity contribution in [3.63, 3.8) is 0 Å². The Bertz CT molecular complexity index is 121. The van der Waals surface area contributed by atoms with Gasteiger partial charge in [-0.3, -0.25) is 0 Å². The maximum absolute atomic E-state index is 2.69. The first kappa shape index (κ1) is 14.9. The summed E-state index contributed by atoms with van der Waals surface area (Å²) in [7, 11) is 0. The Labute approximate surface area is 96.3 Å². The Balaban J connectivity index is 4.32. The summed E-state index contributed by atoms with van der Waals surface area (Å²) in [4.78, 5) is 0. The van der Waals surface area contributed by atoms with E-state index in [1.54, 1.807) is 12.4 Å². The zero-order chi connectivity index (χ0) is 11.4. The number of hydrogen-bond donors (Lipinski definition) is 0. The van der Waals surface area contributed by atoms with Gasteiger partial charge in [-0.1, -0.05) is 0 Å². The second kappa shape index (κ2) is 6.46. The minimum atomic E-state index is -1.71. The van der Waals surface area contributed by atoms with Crippen molar-refractivity contribution in [2.24, 2.45) is 17.8 Å². The van der Waals surface area contributed by atoms with Crippen LogP contribution >= 0.6 is 0 Å². The normalized spacial score (nSPS) is 13.3. The molecule has 0 aliphatic rings. The maximum atomic E-state index is 2.69. The molecule has 0 atom stereocenters. The van der Waals surface area contributed by atoms with Crippen molar-refractivity contribution in [2.45, 2.75) is 58.6 Å². The first-order valence-electron chi connectivity index (χ1n) is 6.25. The zero-order valence-electron chi connectivity index (χ0n) is 11.4. The molecule has 0 aromatic heterocycles. The van der Waals surface area contributed by atoms with Gasteiger partial charge in [-0.25, -0.2) is 0 Å². The Kier molecular flexibility index (Phi) is 6.87. The standard InChI is InChI=1S/3C4H9.CH3.Zr/c3*1-4(2)3;;/h3*4H,1H2,2-3H3;1H3;. The molecule has 0 N–H and O–H groups in total. The number of rotatable bonds is 6. The Morgan fingerprint density at radius 2 is 0.857 bits per heavy atom. The van der Waals surface area contributed by atoms with Gasteiger partial charge < -0.3 is 0 Å². The van der Waals surface area contributed by atoms with Gasteiger partial charge in [0, 0.05) is 0 Å². The summed E-state index contributed by atoms with van der Waals surface area (Å²) in [5, 5.41) is 0. The van der Waals surface area contributed by atoms with Crippen molar-refractivity contribution < 1.29 is 20.3 Å². The molecule has 0 saturated carbocycles. The van der Waals surface area contributed by atoms with E-state index in [9.17, 15) is 0 Å². The van der Waals surface area contributed by atoms with Crippen molar-refractivity contribution in [3.8, 4) is 0 Å². The van der Waals surface area contributed by atoms with E-state index < -0.39 is 20.3 Å². The van der Waals surface area contributed by atoms with E-state index in [0.29, 0.717) is 0 Å². The predicted molar refractivity (Wildman–Crippen MR) is 64.8 cm³/mol. The van der Waals surface area contributed by atoms with Crippen molar-refractivity contribution in [1.82, 2.24) is 0 Å². The van der Waals surface area contributed by atoms with E-state index >= 15 is 0 Å². The minimum absolute atomic E-state index is 0.924. The topological polar surface area (TPSA) is 0 Å². The van der Waals surface area contributed by atoms with Gasteiger partial charge in [0.1, 0.15) is 0 Å². The van der Waals surface area contributed by atoms with Crippen molar-refractivity contribution in [1.29, 1.82) is 0 Å². The van der Waals surface area contributed by atoms with Crippen LogP contribution in [0.5, 0.6) is 0 Å². The first-order valence-corrected chi connectivity index (χ1v) is 13.9. The molecule has 0 saturated heterocycles.